The summed E-state index contributed by atoms with van der Waals surface area (Å²) in [5.74, 6) is 0.995. The molecule has 0 saturated heterocycles. The summed E-state index contributed by atoms with van der Waals surface area (Å²) in [6.07, 6.45) is 1.05. The smallest absolute Gasteiger partial charge is 0.215 e. The van der Waals surface area contributed by atoms with E-state index in [1.165, 1.54) is 5.56 Å². The van der Waals surface area contributed by atoms with Gasteiger partial charge in [-0.05, 0) is 44.7 Å². The fraction of sp³-hybridized carbons (Fsp3) is 0.471. The van der Waals surface area contributed by atoms with Crippen LogP contribution in [0.4, 0.5) is 5.69 Å². The van der Waals surface area contributed by atoms with Gasteiger partial charge in [0.25, 0.3) is 0 Å². The third-order valence-corrected chi connectivity index (χ3v) is 3.66. The molecule has 2 heterocycles. The summed E-state index contributed by atoms with van der Waals surface area (Å²) >= 11 is 0. The van der Waals surface area contributed by atoms with Crippen molar-refractivity contribution in [1.29, 1.82) is 0 Å². The first-order valence-electron chi connectivity index (χ1n) is 7.35. The van der Waals surface area contributed by atoms with Gasteiger partial charge in [-0.3, -0.25) is 4.99 Å². The number of pyridine rings is 2. The zero-order valence-corrected chi connectivity index (χ0v) is 13.7. The van der Waals surface area contributed by atoms with Crippen LogP contribution in [0, 0.1) is 6.92 Å². The predicted octanol–water partition coefficient (Wildman–Crippen LogP) is 4.57. The van der Waals surface area contributed by atoms with Crippen molar-refractivity contribution in [1.82, 2.24) is 9.97 Å². The van der Waals surface area contributed by atoms with Crippen LogP contribution >= 0.6 is 0 Å². The van der Waals surface area contributed by atoms with E-state index in [1.807, 2.05) is 32.9 Å². The molecule has 1 unspecified atom stereocenters. The second-order valence-corrected chi connectivity index (χ2v) is 5.55. The van der Waals surface area contributed by atoms with E-state index >= 15 is 0 Å². The molecule has 0 radical (unpaired) electrons. The Morgan fingerprint density at radius 3 is 2.57 bits per heavy atom. The molecule has 0 amide bonds. The van der Waals surface area contributed by atoms with Crippen molar-refractivity contribution in [3.63, 3.8) is 0 Å². The monoisotopic (exact) mass is 285 g/mol. The van der Waals surface area contributed by atoms with Crippen LogP contribution in [0.3, 0.4) is 0 Å². The molecule has 0 aliphatic rings. The number of rotatable bonds is 4. The maximum absolute atomic E-state index is 5.20. The highest BCUT2D eigenvalue weighted by atomic mass is 16.5. The number of aromatic nitrogens is 2. The van der Waals surface area contributed by atoms with Gasteiger partial charge in [0.15, 0.2) is 5.65 Å². The van der Waals surface area contributed by atoms with Gasteiger partial charge < -0.3 is 4.74 Å². The highest BCUT2D eigenvalue weighted by Crippen LogP contribution is 2.37. The highest BCUT2D eigenvalue weighted by Gasteiger charge is 2.18. The third kappa shape index (κ3) is 3.04. The average molecular weight is 285 g/mol. The largest absolute Gasteiger partial charge is 0.481 e. The molecule has 0 fully saturated rings. The molecule has 2 rings (SSSR count). The molecule has 0 N–H and O–H groups in total. The normalized spacial score (nSPS) is 12.3. The third-order valence-electron chi connectivity index (χ3n) is 3.66. The van der Waals surface area contributed by atoms with E-state index in [-0.39, 0.29) is 0 Å². The first kappa shape index (κ1) is 15.4. The lowest BCUT2D eigenvalue weighted by Gasteiger charge is -2.17. The molecule has 21 heavy (non-hydrogen) atoms. The minimum absolute atomic E-state index is 0.405. The number of fused-ring (bicyclic) bond motifs is 1. The summed E-state index contributed by atoms with van der Waals surface area (Å²) in [6.45, 7) is 10.4. The van der Waals surface area contributed by atoms with Gasteiger partial charge in [0.05, 0.1) is 18.5 Å². The summed E-state index contributed by atoms with van der Waals surface area (Å²) in [4.78, 5) is 13.8. The van der Waals surface area contributed by atoms with Crippen LogP contribution in [0.25, 0.3) is 11.0 Å². The Morgan fingerprint density at radius 2 is 2.00 bits per heavy atom. The number of hydrogen-bond acceptors (Lipinski definition) is 4. The van der Waals surface area contributed by atoms with E-state index in [0.717, 1.165) is 34.5 Å². The minimum Gasteiger partial charge on any atom is -0.481 e. The molecule has 0 aromatic carbocycles. The van der Waals surface area contributed by atoms with E-state index in [1.54, 1.807) is 7.11 Å². The zero-order chi connectivity index (χ0) is 15.6. The molecule has 4 nitrogen and oxygen atoms in total. The van der Waals surface area contributed by atoms with Crippen LogP contribution in [0.15, 0.2) is 17.1 Å². The SMILES string of the molecule is CCC(C)c1c(N=C(C)C)c(C)nc2nc(OC)ccc12. The number of aliphatic imine (C=N–C) groups is 1. The number of aryl methyl sites for hydroxylation is 1. The molecule has 0 aliphatic carbocycles. The van der Waals surface area contributed by atoms with Gasteiger partial charge in [-0.2, -0.15) is 4.98 Å². The van der Waals surface area contributed by atoms with Gasteiger partial charge in [0.2, 0.25) is 5.88 Å². The highest BCUT2D eigenvalue weighted by molar-refractivity contribution is 5.89. The topological polar surface area (TPSA) is 47.4 Å². The fourth-order valence-corrected chi connectivity index (χ4v) is 2.44. The first-order valence-corrected chi connectivity index (χ1v) is 7.35. The van der Waals surface area contributed by atoms with Crippen molar-refractivity contribution in [2.75, 3.05) is 7.11 Å². The molecule has 1 atom stereocenters. The van der Waals surface area contributed by atoms with Gasteiger partial charge in [-0.1, -0.05) is 13.8 Å². The summed E-state index contributed by atoms with van der Waals surface area (Å²) < 4.78 is 5.20. The Kier molecular flexibility index (Phi) is 4.56. The lowest BCUT2D eigenvalue weighted by Crippen LogP contribution is -2.01. The lowest BCUT2D eigenvalue weighted by molar-refractivity contribution is 0.399. The van der Waals surface area contributed by atoms with E-state index in [4.69, 9.17) is 9.73 Å². The summed E-state index contributed by atoms with van der Waals surface area (Å²) in [6, 6.07) is 3.93. The molecule has 112 valence electrons. The standard InChI is InChI=1S/C17H23N3O/c1-7-11(4)15-13-8-9-14(21-6)20-17(13)19-12(5)16(15)18-10(2)3/h8-9,11H,7H2,1-6H3. The van der Waals surface area contributed by atoms with Crippen molar-refractivity contribution in [3.05, 3.63) is 23.4 Å². The van der Waals surface area contributed by atoms with Gasteiger partial charge in [0.1, 0.15) is 0 Å². The zero-order valence-electron chi connectivity index (χ0n) is 13.7. The molecule has 0 saturated carbocycles. The molecular formula is C17H23N3O. The number of ether oxygens (including phenoxy) is 1. The summed E-state index contributed by atoms with van der Waals surface area (Å²) in [7, 11) is 1.62. The second kappa shape index (κ2) is 6.20. The quantitative estimate of drug-likeness (QED) is 0.773. The Hall–Kier alpha value is -1.97. The first-order chi connectivity index (χ1) is 9.97. The average Bonchev–Trinajstić information content (AvgIpc) is 2.46. The number of methoxy groups -OCH3 is 1. The van der Waals surface area contributed by atoms with E-state index in [2.05, 4.69) is 23.8 Å². The molecule has 0 bridgehead atoms. The van der Waals surface area contributed by atoms with Crippen LogP contribution in [0.2, 0.25) is 0 Å². The predicted molar refractivity (Wildman–Crippen MR) is 88.0 cm³/mol. The lowest BCUT2D eigenvalue weighted by atomic mass is 9.93. The molecule has 2 aromatic rings. The van der Waals surface area contributed by atoms with Crippen LogP contribution in [0.5, 0.6) is 5.88 Å². The Morgan fingerprint density at radius 1 is 1.29 bits per heavy atom. The number of hydrogen-bond donors (Lipinski definition) is 0. The van der Waals surface area contributed by atoms with Crippen molar-refractivity contribution in [2.24, 2.45) is 4.99 Å². The Bertz CT molecular complexity index is 688. The molecular weight excluding hydrogens is 262 g/mol. The molecule has 0 aliphatic heterocycles. The number of nitrogens with zero attached hydrogens (tertiary/aromatic N) is 3. The van der Waals surface area contributed by atoms with E-state index in [0.29, 0.717) is 11.8 Å². The second-order valence-electron chi connectivity index (χ2n) is 5.55. The van der Waals surface area contributed by atoms with Crippen LogP contribution < -0.4 is 4.74 Å². The minimum atomic E-state index is 0.405. The summed E-state index contributed by atoms with van der Waals surface area (Å²) in [5, 5.41) is 1.07. The Labute approximate surface area is 126 Å². The molecule has 0 spiro atoms. The van der Waals surface area contributed by atoms with Gasteiger partial charge in [0, 0.05) is 17.2 Å². The molecule has 4 heteroatoms. The van der Waals surface area contributed by atoms with Gasteiger partial charge in [-0.15, -0.1) is 0 Å². The fourth-order valence-electron chi connectivity index (χ4n) is 2.44. The van der Waals surface area contributed by atoms with Crippen molar-refractivity contribution >= 4 is 22.4 Å². The van der Waals surface area contributed by atoms with Crippen LogP contribution in [0.1, 0.15) is 51.3 Å². The van der Waals surface area contributed by atoms with Gasteiger partial charge in [-0.25, -0.2) is 4.98 Å². The molecule has 2 aromatic heterocycles. The van der Waals surface area contributed by atoms with Gasteiger partial charge >= 0.3 is 0 Å². The van der Waals surface area contributed by atoms with Crippen LogP contribution in [-0.4, -0.2) is 22.8 Å². The van der Waals surface area contributed by atoms with Crippen LogP contribution in [-0.2, 0) is 0 Å². The van der Waals surface area contributed by atoms with E-state index in [9.17, 15) is 0 Å². The summed E-state index contributed by atoms with van der Waals surface area (Å²) in [5.41, 5.74) is 4.90. The maximum Gasteiger partial charge on any atom is 0.215 e. The van der Waals surface area contributed by atoms with Crippen molar-refractivity contribution in [2.45, 2.75) is 47.0 Å². The Balaban J connectivity index is 2.84. The van der Waals surface area contributed by atoms with Crippen molar-refractivity contribution < 1.29 is 4.74 Å². The van der Waals surface area contributed by atoms with E-state index < -0.39 is 0 Å². The van der Waals surface area contributed by atoms with Crippen molar-refractivity contribution in [3.8, 4) is 5.88 Å². The maximum atomic E-state index is 5.20.